The Kier molecular flexibility index (Phi) is 2.11. The number of nitrogens with two attached hydrogens (primary N) is 1. The first-order valence-electron chi connectivity index (χ1n) is 3.90. The van der Waals surface area contributed by atoms with Crippen LogP contribution in [-0.2, 0) is 0 Å². The van der Waals surface area contributed by atoms with Crippen LogP contribution in [0.3, 0.4) is 0 Å². The minimum Gasteiger partial charge on any atom is -0.308 e. The van der Waals surface area contributed by atoms with Gasteiger partial charge in [0.15, 0.2) is 0 Å². The van der Waals surface area contributed by atoms with Crippen LogP contribution in [0, 0.1) is 0 Å². The second-order valence-corrected chi connectivity index (χ2v) is 3.39. The van der Waals surface area contributed by atoms with Crippen molar-refractivity contribution in [2.75, 3.05) is 20.1 Å². The summed E-state index contributed by atoms with van der Waals surface area (Å²) in [5.41, 5.74) is 5.84. The molecule has 2 unspecified atom stereocenters. The van der Waals surface area contributed by atoms with Crippen molar-refractivity contribution in [3.63, 3.8) is 0 Å². The number of hydrogen-bond donors (Lipinski definition) is 1. The van der Waals surface area contributed by atoms with Gasteiger partial charge in [-0.1, -0.05) is 6.08 Å². The van der Waals surface area contributed by atoms with Gasteiger partial charge in [-0.05, 0) is 6.08 Å². The number of quaternary nitrogens is 1. The molecule has 0 aliphatic carbocycles. The minimum absolute atomic E-state index is 0.268. The van der Waals surface area contributed by atoms with Crippen LogP contribution in [0.5, 0.6) is 0 Å². The van der Waals surface area contributed by atoms with Crippen LogP contribution >= 0.6 is 0 Å². The van der Waals surface area contributed by atoms with Crippen LogP contribution in [0.1, 0.15) is 13.3 Å². The van der Waals surface area contributed by atoms with Gasteiger partial charge in [0, 0.05) is 13.3 Å². The van der Waals surface area contributed by atoms with Gasteiger partial charge < -0.3 is 4.48 Å². The number of hydrogen-bond acceptors (Lipinski definition) is 1. The monoisotopic (exact) mass is 141 g/mol. The Morgan fingerprint density at radius 3 is 2.50 bits per heavy atom. The largest absolute Gasteiger partial charge is 0.308 e. The zero-order valence-electron chi connectivity index (χ0n) is 6.88. The predicted octanol–water partition coefficient (Wildman–Crippen LogP) is 0.698. The maximum atomic E-state index is 5.84. The molecule has 0 fully saturated rings. The summed E-state index contributed by atoms with van der Waals surface area (Å²) in [6.45, 7) is 4.37. The molecule has 0 aromatic heterocycles. The fourth-order valence-electron chi connectivity index (χ4n) is 1.26. The van der Waals surface area contributed by atoms with E-state index in [-0.39, 0.29) is 6.17 Å². The molecule has 1 heterocycles. The van der Waals surface area contributed by atoms with Crippen molar-refractivity contribution in [2.24, 2.45) is 5.73 Å². The van der Waals surface area contributed by atoms with Crippen molar-refractivity contribution in [1.29, 1.82) is 0 Å². The third kappa shape index (κ3) is 1.39. The predicted molar refractivity (Wildman–Crippen MR) is 43.3 cm³/mol. The highest BCUT2D eigenvalue weighted by atomic mass is 15.4. The molecular weight excluding hydrogens is 124 g/mol. The molecule has 0 spiro atoms. The molecule has 0 saturated carbocycles. The second kappa shape index (κ2) is 2.72. The lowest BCUT2D eigenvalue weighted by molar-refractivity contribution is -0.927. The first-order chi connectivity index (χ1) is 4.65. The molecule has 2 atom stereocenters. The second-order valence-electron chi connectivity index (χ2n) is 3.39. The minimum atomic E-state index is 0.268. The lowest BCUT2D eigenvalue weighted by Crippen LogP contribution is -2.56. The number of likely N-dealkylation sites (N-methyl/N-ethyl adjacent to an activating group) is 1. The number of rotatable bonds is 1. The molecule has 0 aromatic carbocycles. The Labute approximate surface area is 62.9 Å². The van der Waals surface area contributed by atoms with Gasteiger partial charge in [-0.25, -0.2) is 0 Å². The fraction of sp³-hybridized carbons (Fsp3) is 0.750. The van der Waals surface area contributed by atoms with E-state index in [1.165, 1.54) is 13.0 Å². The fourth-order valence-corrected chi connectivity index (χ4v) is 1.26. The van der Waals surface area contributed by atoms with E-state index in [4.69, 9.17) is 5.73 Å². The van der Waals surface area contributed by atoms with Crippen molar-refractivity contribution in [3.05, 3.63) is 12.2 Å². The molecule has 1 rings (SSSR count). The summed E-state index contributed by atoms with van der Waals surface area (Å²) in [4.78, 5) is 0. The summed E-state index contributed by atoms with van der Waals surface area (Å²) in [7, 11) is 2.22. The summed E-state index contributed by atoms with van der Waals surface area (Å²) < 4.78 is 0.997. The van der Waals surface area contributed by atoms with Gasteiger partial charge in [0.1, 0.15) is 6.17 Å². The van der Waals surface area contributed by atoms with Gasteiger partial charge in [-0.3, -0.25) is 5.73 Å². The maximum Gasteiger partial charge on any atom is 0.137 e. The standard InChI is InChI=1S/C8H17N2/c1-8(9)10(2)6-4-3-5-7-10/h3-4,8H,5-7,9H2,1-2H3/q+1. The molecule has 0 amide bonds. The Bertz CT molecular complexity index is 140. The van der Waals surface area contributed by atoms with Crippen LogP contribution in [0.2, 0.25) is 0 Å². The lowest BCUT2D eigenvalue weighted by Gasteiger charge is -2.38. The van der Waals surface area contributed by atoms with Crippen molar-refractivity contribution >= 4 is 0 Å². The summed E-state index contributed by atoms with van der Waals surface area (Å²) in [6, 6.07) is 0. The molecule has 0 radical (unpaired) electrons. The molecule has 1 aliphatic rings. The first kappa shape index (κ1) is 7.76. The van der Waals surface area contributed by atoms with E-state index in [0.29, 0.717) is 0 Å². The van der Waals surface area contributed by atoms with Crippen LogP contribution in [0.15, 0.2) is 12.2 Å². The SMILES string of the molecule is CC(N)[N+]1(C)CC=CCC1. The van der Waals surface area contributed by atoms with Crippen LogP contribution in [0.4, 0.5) is 0 Å². The van der Waals surface area contributed by atoms with Crippen molar-refractivity contribution < 1.29 is 4.48 Å². The van der Waals surface area contributed by atoms with Gasteiger partial charge in [-0.2, -0.15) is 0 Å². The Balaban J connectivity index is 2.59. The van der Waals surface area contributed by atoms with Crippen molar-refractivity contribution in [1.82, 2.24) is 0 Å². The first-order valence-corrected chi connectivity index (χ1v) is 3.90. The van der Waals surface area contributed by atoms with E-state index in [0.717, 1.165) is 11.0 Å². The van der Waals surface area contributed by atoms with E-state index in [2.05, 4.69) is 26.1 Å². The third-order valence-corrected chi connectivity index (χ3v) is 2.48. The maximum absolute atomic E-state index is 5.84. The molecule has 58 valence electrons. The third-order valence-electron chi connectivity index (χ3n) is 2.48. The molecule has 2 N–H and O–H groups in total. The van der Waals surface area contributed by atoms with Gasteiger partial charge in [-0.15, -0.1) is 0 Å². The van der Waals surface area contributed by atoms with Crippen LogP contribution in [-0.4, -0.2) is 30.8 Å². The molecule has 2 heteroatoms. The average Bonchev–Trinajstić information content (AvgIpc) is 1.89. The topological polar surface area (TPSA) is 26.0 Å². The molecule has 2 nitrogen and oxygen atoms in total. The molecule has 0 aromatic rings. The van der Waals surface area contributed by atoms with Crippen molar-refractivity contribution in [2.45, 2.75) is 19.5 Å². The Hall–Kier alpha value is -0.340. The lowest BCUT2D eigenvalue weighted by atomic mass is 10.2. The highest BCUT2D eigenvalue weighted by molar-refractivity contribution is 4.85. The van der Waals surface area contributed by atoms with Crippen LogP contribution < -0.4 is 5.73 Å². The highest BCUT2D eigenvalue weighted by Gasteiger charge is 2.25. The summed E-state index contributed by atoms with van der Waals surface area (Å²) >= 11 is 0. The normalized spacial score (nSPS) is 35.9. The molecule has 0 saturated heterocycles. The average molecular weight is 141 g/mol. The van der Waals surface area contributed by atoms with Gasteiger partial charge in [0.05, 0.1) is 20.1 Å². The summed E-state index contributed by atoms with van der Waals surface area (Å²) in [5, 5.41) is 0. The summed E-state index contributed by atoms with van der Waals surface area (Å²) in [6.07, 6.45) is 5.91. The van der Waals surface area contributed by atoms with E-state index in [1.54, 1.807) is 0 Å². The molecule has 10 heavy (non-hydrogen) atoms. The Morgan fingerprint density at radius 2 is 2.20 bits per heavy atom. The van der Waals surface area contributed by atoms with E-state index in [9.17, 15) is 0 Å². The van der Waals surface area contributed by atoms with Gasteiger partial charge in [0.2, 0.25) is 0 Å². The van der Waals surface area contributed by atoms with Gasteiger partial charge in [0.25, 0.3) is 0 Å². The van der Waals surface area contributed by atoms with Crippen molar-refractivity contribution in [3.8, 4) is 0 Å². The highest BCUT2D eigenvalue weighted by Crippen LogP contribution is 2.12. The zero-order chi connectivity index (χ0) is 7.61. The molecule has 1 aliphatic heterocycles. The van der Waals surface area contributed by atoms with E-state index < -0.39 is 0 Å². The Morgan fingerprint density at radius 1 is 1.50 bits per heavy atom. The molecular formula is C8H17N2+. The zero-order valence-corrected chi connectivity index (χ0v) is 6.88. The quantitative estimate of drug-likeness (QED) is 0.422. The van der Waals surface area contributed by atoms with Gasteiger partial charge >= 0.3 is 0 Å². The summed E-state index contributed by atoms with van der Waals surface area (Å²) in [5.74, 6) is 0. The smallest absolute Gasteiger partial charge is 0.137 e. The van der Waals surface area contributed by atoms with E-state index in [1.807, 2.05) is 0 Å². The number of nitrogens with zero attached hydrogens (tertiary/aromatic N) is 1. The van der Waals surface area contributed by atoms with E-state index >= 15 is 0 Å². The molecule has 0 bridgehead atoms. The van der Waals surface area contributed by atoms with Crippen LogP contribution in [0.25, 0.3) is 0 Å².